The normalized spacial score (nSPS) is 10.4. The number of hydrogen-bond donors (Lipinski definition) is 1. The van der Waals surface area contributed by atoms with Crippen molar-refractivity contribution in [2.24, 2.45) is 0 Å². The third-order valence-corrected chi connectivity index (χ3v) is 2.75. The minimum atomic E-state index is -0.136. The second-order valence-corrected chi connectivity index (χ2v) is 4.23. The average Bonchev–Trinajstić information content (AvgIpc) is 2.76. The largest absolute Gasteiger partial charge is 0.449 e. The van der Waals surface area contributed by atoms with Crippen LogP contribution < -0.4 is 5.32 Å². The van der Waals surface area contributed by atoms with E-state index in [9.17, 15) is 4.79 Å². The first kappa shape index (κ1) is 10.8. The molecule has 2 rings (SSSR count). The van der Waals surface area contributed by atoms with E-state index in [-0.39, 0.29) is 12.3 Å². The van der Waals surface area contributed by atoms with E-state index in [4.69, 9.17) is 4.42 Å². The van der Waals surface area contributed by atoms with E-state index < -0.39 is 0 Å². The minimum absolute atomic E-state index is 0.136. The van der Waals surface area contributed by atoms with Crippen molar-refractivity contribution in [1.82, 2.24) is 9.97 Å². The summed E-state index contributed by atoms with van der Waals surface area (Å²) in [6.45, 7) is 3.62. The van der Waals surface area contributed by atoms with Crippen molar-refractivity contribution in [3.63, 3.8) is 0 Å². The van der Waals surface area contributed by atoms with Gasteiger partial charge < -0.3 is 9.73 Å². The zero-order valence-corrected chi connectivity index (χ0v) is 9.80. The Labute approximate surface area is 96.5 Å². The van der Waals surface area contributed by atoms with Crippen LogP contribution in [0.15, 0.2) is 16.1 Å². The predicted molar refractivity (Wildman–Crippen MR) is 60.4 cm³/mol. The van der Waals surface area contributed by atoms with Crippen molar-refractivity contribution in [3.05, 3.63) is 28.9 Å². The Hall–Kier alpha value is -1.69. The van der Waals surface area contributed by atoms with Crippen molar-refractivity contribution in [1.29, 1.82) is 0 Å². The van der Waals surface area contributed by atoms with Crippen molar-refractivity contribution >= 4 is 22.4 Å². The van der Waals surface area contributed by atoms with Gasteiger partial charge in [-0.25, -0.2) is 9.97 Å². The van der Waals surface area contributed by atoms with Crippen LogP contribution in [0.3, 0.4) is 0 Å². The maximum atomic E-state index is 11.6. The van der Waals surface area contributed by atoms with E-state index in [2.05, 4.69) is 15.3 Å². The highest BCUT2D eigenvalue weighted by Crippen LogP contribution is 2.14. The third kappa shape index (κ3) is 2.66. The minimum Gasteiger partial charge on any atom is -0.449 e. The Morgan fingerprint density at radius 3 is 2.88 bits per heavy atom. The molecular weight excluding hydrogens is 226 g/mol. The number of aromatic nitrogens is 2. The number of nitrogens with zero attached hydrogens (tertiary/aromatic N) is 2. The number of rotatable bonds is 3. The highest BCUT2D eigenvalue weighted by atomic mass is 32.1. The molecule has 0 spiro atoms. The van der Waals surface area contributed by atoms with Gasteiger partial charge in [0.2, 0.25) is 5.91 Å². The van der Waals surface area contributed by atoms with Crippen LogP contribution in [0.2, 0.25) is 0 Å². The lowest BCUT2D eigenvalue weighted by atomic mass is 10.3. The fraction of sp³-hybridized carbons (Fsp3) is 0.300. The molecule has 0 saturated carbocycles. The van der Waals surface area contributed by atoms with Crippen molar-refractivity contribution in [2.45, 2.75) is 20.3 Å². The Bertz CT molecular complexity index is 459. The van der Waals surface area contributed by atoms with Gasteiger partial charge in [-0.05, 0) is 6.92 Å². The molecule has 1 N–H and O–H groups in total. The van der Waals surface area contributed by atoms with Crippen LogP contribution in [0.5, 0.6) is 0 Å². The van der Waals surface area contributed by atoms with Gasteiger partial charge in [0.15, 0.2) is 11.0 Å². The number of oxazole rings is 1. The van der Waals surface area contributed by atoms with Crippen LogP contribution >= 0.6 is 11.3 Å². The number of thiazole rings is 1. The van der Waals surface area contributed by atoms with E-state index in [1.807, 2.05) is 12.3 Å². The monoisotopic (exact) mass is 237 g/mol. The van der Waals surface area contributed by atoms with Gasteiger partial charge in [-0.1, -0.05) is 0 Å². The Morgan fingerprint density at radius 2 is 2.31 bits per heavy atom. The summed E-state index contributed by atoms with van der Waals surface area (Å²) in [5, 5.41) is 5.21. The number of nitrogens with one attached hydrogen (secondary N) is 1. The maximum absolute atomic E-state index is 11.6. The fourth-order valence-electron chi connectivity index (χ4n) is 1.23. The van der Waals surface area contributed by atoms with Gasteiger partial charge in [-0.2, -0.15) is 0 Å². The Morgan fingerprint density at radius 1 is 1.50 bits per heavy atom. The molecule has 5 nitrogen and oxygen atoms in total. The number of aryl methyl sites for hydroxylation is 2. The lowest BCUT2D eigenvalue weighted by Gasteiger charge is -1.97. The van der Waals surface area contributed by atoms with Crippen LogP contribution in [0.25, 0.3) is 0 Å². The summed E-state index contributed by atoms with van der Waals surface area (Å²) in [5.41, 5.74) is 1.53. The molecule has 2 aromatic rings. The number of carbonyl (C=O) groups is 1. The second kappa shape index (κ2) is 4.44. The molecule has 16 heavy (non-hydrogen) atoms. The molecule has 0 unspecified atom stereocenters. The molecule has 0 atom stereocenters. The molecule has 0 fully saturated rings. The van der Waals surface area contributed by atoms with E-state index in [0.29, 0.717) is 16.7 Å². The third-order valence-electron chi connectivity index (χ3n) is 1.87. The first-order valence-electron chi connectivity index (χ1n) is 4.76. The summed E-state index contributed by atoms with van der Waals surface area (Å²) in [4.78, 5) is 19.8. The zero-order chi connectivity index (χ0) is 11.5. The smallest absolute Gasteiger partial charge is 0.232 e. The first-order valence-corrected chi connectivity index (χ1v) is 5.64. The number of anilines is 1. The van der Waals surface area contributed by atoms with Crippen molar-refractivity contribution < 1.29 is 9.21 Å². The molecule has 0 bridgehead atoms. The second-order valence-electron chi connectivity index (χ2n) is 3.38. The average molecular weight is 237 g/mol. The number of carbonyl (C=O) groups excluding carboxylic acids is 1. The van der Waals surface area contributed by atoms with Crippen molar-refractivity contribution in [2.75, 3.05) is 5.32 Å². The molecule has 6 heteroatoms. The van der Waals surface area contributed by atoms with E-state index in [1.54, 1.807) is 6.92 Å². The Kier molecular flexibility index (Phi) is 3.00. The van der Waals surface area contributed by atoms with Crippen LogP contribution in [0.4, 0.5) is 5.13 Å². The molecule has 84 valence electrons. The molecule has 0 saturated heterocycles. The summed E-state index contributed by atoms with van der Waals surface area (Å²) >= 11 is 1.41. The molecule has 0 aliphatic carbocycles. The van der Waals surface area contributed by atoms with Gasteiger partial charge in [0.05, 0.1) is 17.8 Å². The van der Waals surface area contributed by atoms with Gasteiger partial charge >= 0.3 is 0 Å². The predicted octanol–water partition coefficient (Wildman–Crippen LogP) is 1.93. The fourth-order valence-corrected chi connectivity index (χ4v) is 1.93. The maximum Gasteiger partial charge on any atom is 0.232 e. The zero-order valence-electron chi connectivity index (χ0n) is 8.98. The van der Waals surface area contributed by atoms with Crippen LogP contribution in [0.1, 0.15) is 17.3 Å². The SMILES string of the molecule is Cc1csc(NC(=O)Cc2coc(C)n2)n1. The quantitative estimate of drug-likeness (QED) is 0.885. The lowest BCUT2D eigenvalue weighted by Crippen LogP contribution is -2.14. The molecule has 2 aromatic heterocycles. The van der Waals surface area contributed by atoms with E-state index in [1.165, 1.54) is 17.6 Å². The molecule has 2 heterocycles. The van der Waals surface area contributed by atoms with Gasteiger partial charge in [0.1, 0.15) is 6.26 Å². The lowest BCUT2D eigenvalue weighted by molar-refractivity contribution is -0.115. The van der Waals surface area contributed by atoms with E-state index >= 15 is 0 Å². The standard InChI is InChI=1S/C10H11N3O2S/c1-6-5-16-10(11-6)13-9(14)3-8-4-15-7(2)12-8/h4-5H,3H2,1-2H3,(H,11,13,14). The highest BCUT2D eigenvalue weighted by Gasteiger charge is 2.09. The van der Waals surface area contributed by atoms with Gasteiger partial charge in [-0.3, -0.25) is 4.79 Å². The van der Waals surface area contributed by atoms with E-state index in [0.717, 1.165) is 5.69 Å². The summed E-state index contributed by atoms with van der Waals surface area (Å²) in [6.07, 6.45) is 1.69. The van der Waals surface area contributed by atoms with Crippen molar-refractivity contribution in [3.8, 4) is 0 Å². The molecular formula is C10H11N3O2S. The topological polar surface area (TPSA) is 68.0 Å². The van der Waals surface area contributed by atoms with Gasteiger partial charge in [0, 0.05) is 12.3 Å². The molecule has 0 radical (unpaired) electrons. The summed E-state index contributed by atoms with van der Waals surface area (Å²) in [7, 11) is 0. The van der Waals surface area contributed by atoms with Gasteiger partial charge in [-0.15, -0.1) is 11.3 Å². The summed E-state index contributed by atoms with van der Waals surface area (Å²) in [5.74, 6) is 0.426. The van der Waals surface area contributed by atoms with Crippen LogP contribution in [0, 0.1) is 13.8 Å². The summed E-state index contributed by atoms with van der Waals surface area (Å²) in [6, 6.07) is 0. The van der Waals surface area contributed by atoms with Gasteiger partial charge in [0.25, 0.3) is 0 Å². The molecule has 0 aromatic carbocycles. The number of amides is 1. The summed E-state index contributed by atoms with van der Waals surface area (Å²) < 4.78 is 5.02. The Balaban J connectivity index is 1.94. The highest BCUT2D eigenvalue weighted by molar-refractivity contribution is 7.13. The molecule has 1 amide bonds. The van der Waals surface area contributed by atoms with Crippen LogP contribution in [-0.4, -0.2) is 15.9 Å². The molecule has 0 aliphatic heterocycles. The van der Waals surface area contributed by atoms with Crippen LogP contribution in [-0.2, 0) is 11.2 Å². The number of hydrogen-bond acceptors (Lipinski definition) is 5. The molecule has 0 aliphatic rings. The first-order chi connectivity index (χ1) is 7.63.